The highest BCUT2D eigenvalue weighted by atomic mass is 32.2. The van der Waals surface area contributed by atoms with Gasteiger partial charge in [0.1, 0.15) is 5.75 Å². The summed E-state index contributed by atoms with van der Waals surface area (Å²) in [6.07, 6.45) is 9.17. The lowest BCUT2D eigenvalue weighted by Crippen LogP contribution is -2.37. The molecule has 0 amide bonds. The summed E-state index contributed by atoms with van der Waals surface area (Å²) in [5, 5.41) is 17.0. The van der Waals surface area contributed by atoms with Crippen molar-refractivity contribution in [2.45, 2.75) is 52.0 Å². The zero-order valence-electron chi connectivity index (χ0n) is 15.0. The van der Waals surface area contributed by atoms with Crippen molar-refractivity contribution in [2.75, 3.05) is 25.1 Å². The van der Waals surface area contributed by atoms with Crippen LogP contribution in [0, 0.1) is 0 Å². The summed E-state index contributed by atoms with van der Waals surface area (Å²) in [5.74, 6) is 2.43. The Balaban J connectivity index is 2.00. The second-order valence-corrected chi connectivity index (χ2v) is 7.22. The van der Waals surface area contributed by atoms with Crippen LogP contribution in [-0.2, 0) is 19.4 Å². The van der Waals surface area contributed by atoms with Crippen LogP contribution in [0.15, 0.2) is 17.1 Å². The molecule has 2 rings (SSSR count). The number of hydrogen-bond donors (Lipinski definition) is 3. The van der Waals surface area contributed by atoms with E-state index >= 15 is 0 Å². The molecule has 3 N–H and O–H groups in total. The number of aryl methyl sites for hydroxylation is 1. The lowest BCUT2D eigenvalue weighted by atomic mass is 9.88. The van der Waals surface area contributed by atoms with Crippen LogP contribution in [0.3, 0.4) is 0 Å². The first-order valence-electron chi connectivity index (χ1n) is 9.10. The molecule has 0 radical (unpaired) electrons. The van der Waals surface area contributed by atoms with Crippen LogP contribution < -0.4 is 10.6 Å². The van der Waals surface area contributed by atoms with Crippen LogP contribution in [0.5, 0.6) is 5.75 Å². The first-order chi connectivity index (χ1) is 11.8. The highest BCUT2D eigenvalue weighted by Gasteiger charge is 2.16. The van der Waals surface area contributed by atoms with Gasteiger partial charge in [-0.2, -0.15) is 11.8 Å². The number of benzene rings is 1. The zero-order chi connectivity index (χ0) is 17.2. The number of aliphatic imine (C=N–C) groups is 1. The number of rotatable bonds is 8. The smallest absolute Gasteiger partial charge is 0.191 e. The number of phenols is 1. The molecule has 0 heterocycles. The Kier molecular flexibility index (Phi) is 8.29. The molecule has 1 aromatic carbocycles. The van der Waals surface area contributed by atoms with Gasteiger partial charge in [0, 0.05) is 18.7 Å². The summed E-state index contributed by atoms with van der Waals surface area (Å²) in [6.45, 7) is 4.39. The SMILES string of the molecule is CCNC(=NCc1c(O)ccc2c1CCCC2)NCCCCSC. The van der Waals surface area contributed by atoms with Crippen molar-refractivity contribution in [3.05, 3.63) is 28.8 Å². The summed E-state index contributed by atoms with van der Waals surface area (Å²) in [7, 11) is 0. The predicted octanol–water partition coefficient (Wildman–Crippen LogP) is 3.47. The Morgan fingerprint density at radius 1 is 1.21 bits per heavy atom. The summed E-state index contributed by atoms with van der Waals surface area (Å²) >= 11 is 1.89. The van der Waals surface area contributed by atoms with E-state index < -0.39 is 0 Å². The Hall–Kier alpha value is -1.36. The van der Waals surface area contributed by atoms with Crippen molar-refractivity contribution in [3.63, 3.8) is 0 Å². The summed E-state index contributed by atoms with van der Waals surface area (Å²) in [6, 6.07) is 3.91. The maximum Gasteiger partial charge on any atom is 0.191 e. The van der Waals surface area contributed by atoms with Gasteiger partial charge in [-0.1, -0.05) is 6.07 Å². The van der Waals surface area contributed by atoms with Gasteiger partial charge in [-0.25, -0.2) is 4.99 Å². The maximum atomic E-state index is 10.3. The molecule has 0 saturated carbocycles. The molecule has 1 aliphatic rings. The lowest BCUT2D eigenvalue weighted by molar-refractivity contribution is 0.465. The standard InChI is InChI=1S/C19H31N3OS/c1-3-20-19(21-12-6-7-13-24-2)22-14-17-16-9-5-4-8-15(16)10-11-18(17)23/h10-11,23H,3-9,12-14H2,1-2H3,(H2,20,21,22). The largest absolute Gasteiger partial charge is 0.508 e. The molecule has 0 aromatic heterocycles. The normalized spacial score (nSPS) is 14.3. The van der Waals surface area contributed by atoms with E-state index in [0.29, 0.717) is 12.3 Å². The molecule has 0 atom stereocenters. The van der Waals surface area contributed by atoms with Gasteiger partial charge in [0.2, 0.25) is 0 Å². The van der Waals surface area contributed by atoms with E-state index in [-0.39, 0.29) is 0 Å². The van der Waals surface area contributed by atoms with Crippen LogP contribution in [-0.4, -0.2) is 36.2 Å². The van der Waals surface area contributed by atoms with Gasteiger partial charge in [0.25, 0.3) is 0 Å². The summed E-state index contributed by atoms with van der Waals surface area (Å²) < 4.78 is 0. The second-order valence-electron chi connectivity index (χ2n) is 6.23. The minimum Gasteiger partial charge on any atom is -0.508 e. The molecule has 0 spiro atoms. The molecule has 4 nitrogen and oxygen atoms in total. The Morgan fingerprint density at radius 2 is 2.04 bits per heavy atom. The Morgan fingerprint density at radius 3 is 2.83 bits per heavy atom. The molecule has 0 unspecified atom stereocenters. The van der Waals surface area contributed by atoms with Crippen molar-refractivity contribution < 1.29 is 5.11 Å². The third-order valence-electron chi connectivity index (χ3n) is 4.43. The lowest BCUT2D eigenvalue weighted by Gasteiger charge is -2.20. The van der Waals surface area contributed by atoms with Crippen LogP contribution in [0.4, 0.5) is 0 Å². The van der Waals surface area contributed by atoms with Gasteiger partial charge in [0.05, 0.1) is 6.54 Å². The molecule has 24 heavy (non-hydrogen) atoms. The first kappa shape index (κ1) is 19.0. The molecule has 1 aromatic rings. The van der Waals surface area contributed by atoms with Crippen LogP contribution in [0.25, 0.3) is 0 Å². The van der Waals surface area contributed by atoms with Gasteiger partial charge in [0.15, 0.2) is 5.96 Å². The van der Waals surface area contributed by atoms with Gasteiger partial charge in [-0.3, -0.25) is 0 Å². The van der Waals surface area contributed by atoms with E-state index in [9.17, 15) is 5.11 Å². The second kappa shape index (κ2) is 10.5. The molecular weight excluding hydrogens is 318 g/mol. The van der Waals surface area contributed by atoms with Crippen LogP contribution in [0.1, 0.15) is 49.3 Å². The van der Waals surface area contributed by atoms with Gasteiger partial charge in [-0.05, 0) is 74.7 Å². The highest BCUT2D eigenvalue weighted by molar-refractivity contribution is 7.98. The average molecular weight is 350 g/mol. The third-order valence-corrected chi connectivity index (χ3v) is 5.13. The molecular formula is C19H31N3OS. The summed E-state index contributed by atoms with van der Waals surface area (Å²) in [5.41, 5.74) is 3.71. The predicted molar refractivity (Wildman–Crippen MR) is 105 cm³/mol. The number of aromatic hydroxyl groups is 1. The number of thioether (sulfide) groups is 1. The van der Waals surface area contributed by atoms with Gasteiger partial charge in [-0.15, -0.1) is 0 Å². The molecule has 0 saturated heterocycles. The van der Waals surface area contributed by atoms with E-state index in [0.717, 1.165) is 43.9 Å². The van der Waals surface area contributed by atoms with E-state index in [1.54, 1.807) is 0 Å². The zero-order valence-corrected chi connectivity index (χ0v) is 15.8. The van der Waals surface area contributed by atoms with Crippen molar-refractivity contribution in [3.8, 4) is 5.75 Å². The van der Waals surface area contributed by atoms with Crippen molar-refractivity contribution in [2.24, 2.45) is 4.99 Å². The Labute approximate surface area is 150 Å². The first-order valence-corrected chi connectivity index (χ1v) is 10.5. The third kappa shape index (κ3) is 5.62. The highest BCUT2D eigenvalue weighted by Crippen LogP contribution is 2.30. The average Bonchev–Trinajstić information content (AvgIpc) is 2.60. The quantitative estimate of drug-likeness (QED) is 0.382. The van der Waals surface area contributed by atoms with Gasteiger partial charge < -0.3 is 15.7 Å². The number of unbranched alkanes of at least 4 members (excludes halogenated alkanes) is 1. The van der Waals surface area contributed by atoms with E-state index in [1.165, 1.54) is 36.1 Å². The molecule has 0 fully saturated rings. The number of phenolic OH excluding ortho intramolecular Hbond substituents is 1. The molecule has 0 bridgehead atoms. The number of nitrogens with one attached hydrogen (secondary N) is 2. The van der Waals surface area contributed by atoms with E-state index in [1.807, 2.05) is 17.8 Å². The van der Waals surface area contributed by atoms with Crippen molar-refractivity contribution in [1.82, 2.24) is 10.6 Å². The van der Waals surface area contributed by atoms with Crippen molar-refractivity contribution >= 4 is 17.7 Å². The maximum absolute atomic E-state index is 10.3. The number of hydrogen-bond acceptors (Lipinski definition) is 3. The van der Waals surface area contributed by atoms with Gasteiger partial charge >= 0.3 is 0 Å². The molecule has 5 heteroatoms. The monoisotopic (exact) mass is 349 g/mol. The van der Waals surface area contributed by atoms with Crippen LogP contribution in [0.2, 0.25) is 0 Å². The fourth-order valence-corrected chi connectivity index (χ4v) is 3.64. The van der Waals surface area contributed by atoms with Crippen LogP contribution >= 0.6 is 11.8 Å². The molecule has 1 aliphatic carbocycles. The summed E-state index contributed by atoms with van der Waals surface area (Å²) in [4.78, 5) is 4.70. The topological polar surface area (TPSA) is 56.7 Å². The molecule has 0 aliphatic heterocycles. The minimum absolute atomic E-state index is 0.384. The number of nitrogens with zero attached hydrogens (tertiary/aromatic N) is 1. The fraction of sp³-hybridized carbons (Fsp3) is 0.632. The Bertz CT molecular complexity index is 546. The molecule has 134 valence electrons. The minimum atomic E-state index is 0.384. The number of fused-ring (bicyclic) bond motifs is 1. The fourth-order valence-electron chi connectivity index (χ4n) is 3.15. The number of guanidine groups is 1. The van der Waals surface area contributed by atoms with Crippen molar-refractivity contribution in [1.29, 1.82) is 0 Å². The van der Waals surface area contributed by atoms with E-state index in [2.05, 4.69) is 29.9 Å². The van der Waals surface area contributed by atoms with E-state index in [4.69, 9.17) is 4.99 Å².